The second-order valence-electron chi connectivity index (χ2n) is 6.76. The summed E-state index contributed by atoms with van der Waals surface area (Å²) in [5.41, 5.74) is 0. The Hall–Kier alpha value is -0.103. The topological polar surface area (TPSA) is 84.8 Å². The van der Waals surface area contributed by atoms with Crippen molar-refractivity contribution in [2.45, 2.75) is 43.9 Å². The average Bonchev–Trinajstić information content (AvgIpc) is 2.68. The first-order valence-corrected chi connectivity index (χ1v) is 11.6. The summed E-state index contributed by atoms with van der Waals surface area (Å²) >= 11 is 0. The van der Waals surface area contributed by atoms with Crippen LogP contribution in [0.1, 0.15) is 25.7 Å². The summed E-state index contributed by atoms with van der Waals surface area (Å²) < 4.78 is 38.7. The van der Waals surface area contributed by atoms with Crippen LogP contribution < -0.4 is 0 Å². The maximum Gasteiger partial charge on any atom is 0.500 e. The SMILES string of the molecule is COCCOC1CC(CC[Si](OC)(OCCOC)OCCOC)CCC1O. The summed E-state index contributed by atoms with van der Waals surface area (Å²) in [5, 5.41) is 10.2. The Kier molecular flexibility index (Phi) is 13.7. The predicted molar refractivity (Wildman–Crippen MR) is 103 cm³/mol. The van der Waals surface area contributed by atoms with E-state index in [2.05, 4.69) is 0 Å². The lowest BCUT2D eigenvalue weighted by Crippen LogP contribution is -2.47. The molecule has 0 aliphatic heterocycles. The molecule has 8 nitrogen and oxygen atoms in total. The van der Waals surface area contributed by atoms with Crippen LogP contribution in [0.5, 0.6) is 0 Å². The van der Waals surface area contributed by atoms with Crippen molar-refractivity contribution in [2.24, 2.45) is 5.92 Å². The molecule has 1 aliphatic carbocycles. The van der Waals surface area contributed by atoms with Gasteiger partial charge in [-0.15, -0.1) is 0 Å². The van der Waals surface area contributed by atoms with E-state index in [1.807, 2.05) is 0 Å². The van der Waals surface area contributed by atoms with E-state index in [4.69, 9.17) is 32.2 Å². The van der Waals surface area contributed by atoms with E-state index in [1.165, 1.54) is 0 Å². The van der Waals surface area contributed by atoms with Crippen LogP contribution in [0.2, 0.25) is 6.04 Å². The maximum atomic E-state index is 10.2. The highest BCUT2D eigenvalue weighted by atomic mass is 28.4. The van der Waals surface area contributed by atoms with Crippen molar-refractivity contribution < 1.29 is 37.3 Å². The van der Waals surface area contributed by atoms with E-state index < -0.39 is 14.9 Å². The van der Waals surface area contributed by atoms with Crippen molar-refractivity contribution >= 4 is 8.80 Å². The van der Waals surface area contributed by atoms with E-state index in [9.17, 15) is 5.11 Å². The highest BCUT2D eigenvalue weighted by Crippen LogP contribution is 2.32. The van der Waals surface area contributed by atoms with Gasteiger partial charge in [-0.05, 0) is 31.6 Å². The normalized spacial score (nSPS) is 23.7. The van der Waals surface area contributed by atoms with E-state index in [0.29, 0.717) is 45.6 Å². The summed E-state index contributed by atoms with van der Waals surface area (Å²) in [4.78, 5) is 0. The van der Waals surface area contributed by atoms with Crippen LogP contribution >= 0.6 is 0 Å². The molecule has 0 radical (unpaired) electrons. The molecular weight excluding hydrogens is 372 g/mol. The Morgan fingerprint density at radius 2 is 1.41 bits per heavy atom. The minimum absolute atomic E-state index is 0.138. The molecule has 0 aromatic carbocycles. The molecule has 3 atom stereocenters. The minimum Gasteiger partial charge on any atom is -0.390 e. The lowest BCUT2D eigenvalue weighted by Gasteiger charge is -2.35. The Morgan fingerprint density at radius 1 is 0.815 bits per heavy atom. The second-order valence-corrected chi connectivity index (χ2v) is 9.61. The van der Waals surface area contributed by atoms with Crippen LogP contribution in [0.4, 0.5) is 0 Å². The van der Waals surface area contributed by atoms with Crippen LogP contribution in [-0.4, -0.2) is 94.2 Å². The van der Waals surface area contributed by atoms with Gasteiger partial charge < -0.3 is 37.3 Å². The molecule has 9 heteroatoms. The van der Waals surface area contributed by atoms with Crippen molar-refractivity contribution in [2.75, 3.05) is 68.1 Å². The number of ether oxygens (including phenoxy) is 4. The number of hydrogen-bond acceptors (Lipinski definition) is 8. The molecule has 1 rings (SSSR count). The molecule has 3 unspecified atom stereocenters. The Labute approximate surface area is 164 Å². The van der Waals surface area contributed by atoms with Crippen molar-refractivity contribution in [3.63, 3.8) is 0 Å². The van der Waals surface area contributed by atoms with Gasteiger partial charge in [0, 0.05) is 34.5 Å². The summed E-state index contributed by atoms with van der Waals surface area (Å²) in [6.07, 6.45) is 2.92. The molecule has 1 fully saturated rings. The first-order valence-electron chi connectivity index (χ1n) is 9.70. The molecule has 0 heterocycles. The predicted octanol–water partition coefficient (Wildman–Crippen LogP) is 1.48. The summed E-state index contributed by atoms with van der Waals surface area (Å²) in [6, 6.07) is 0.725. The molecular formula is C18H38O8Si. The van der Waals surface area contributed by atoms with Gasteiger partial charge >= 0.3 is 8.80 Å². The fourth-order valence-corrected chi connectivity index (χ4v) is 5.63. The van der Waals surface area contributed by atoms with Crippen LogP contribution in [0.3, 0.4) is 0 Å². The highest BCUT2D eigenvalue weighted by Gasteiger charge is 2.41. The Morgan fingerprint density at radius 3 is 1.96 bits per heavy atom. The Balaban J connectivity index is 2.55. The third-order valence-corrected chi connectivity index (χ3v) is 7.68. The van der Waals surface area contributed by atoms with Gasteiger partial charge in [0.2, 0.25) is 0 Å². The third kappa shape index (κ3) is 9.77. The van der Waals surface area contributed by atoms with E-state index in [-0.39, 0.29) is 6.10 Å². The van der Waals surface area contributed by atoms with Gasteiger partial charge in [-0.2, -0.15) is 0 Å². The van der Waals surface area contributed by atoms with Gasteiger partial charge in [0.15, 0.2) is 0 Å². The molecule has 1 N–H and O–H groups in total. The van der Waals surface area contributed by atoms with Crippen LogP contribution in [-0.2, 0) is 32.2 Å². The van der Waals surface area contributed by atoms with E-state index >= 15 is 0 Å². The highest BCUT2D eigenvalue weighted by molar-refractivity contribution is 6.60. The number of rotatable bonds is 16. The molecule has 0 bridgehead atoms. The standard InChI is InChI=1S/C18H38O8Si/c1-20-8-11-24-18-15-16(5-6-17(18)19)7-14-27(23-4,25-12-9-21-2)26-13-10-22-3/h16-19H,5-15H2,1-4H3. The lowest BCUT2D eigenvalue weighted by molar-refractivity contribution is -0.0819. The molecule has 27 heavy (non-hydrogen) atoms. The quantitative estimate of drug-likeness (QED) is 0.303. The van der Waals surface area contributed by atoms with Crippen molar-refractivity contribution in [1.82, 2.24) is 0 Å². The fraction of sp³-hybridized carbons (Fsp3) is 1.00. The number of hydrogen-bond donors (Lipinski definition) is 1. The average molecular weight is 411 g/mol. The van der Waals surface area contributed by atoms with E-state index in [1.54, 1.807) is 28.4 Å². The van der Waals surface area contributed by atoms with Gasteiger partial charge in [0.05, 0.1) is 51.8 Å². The summed E-state index contributed by atoms with van der Waals surface area (Å²) in [5.74, 6) is 0.444. The lowest BCUT2D eigenvalue weighted by atomic mass is 9.84. The molecule has 0 aromatic heterocycles. The smallest absolute Gasteiger partial charge is 0.390 e. The fourth-order valence-electron chi connectivity index (χ4n) is 3.27. The minimum atomic E-state index is -2.78. The maximum absolute atomic E-state index is 10.2. The van der Waals surface area contributed by atoms with Gasteiger partial charge in [-0.1, -0.05) is 0 Å². The molecule has 1 aliphatic rings. The monoisotopic (exact) mass is 410 g/mol. The number of aliphatic hydroxyl groups is 1. The molecule has 0 spiro atoms. The summed E-state index contributed by atoms with van der Waals surface area (Å²) in [7, 11) is 3.79. The van der Waals surface area contributed by atoms with Crippen LogP contribution in [0, 0.1) is 5.92 Å². The van der Waals surface area contributed by atoms with Gasteiger partial charge in [0.25, 0.3) is 0 Å². The van der Waals surface area contributed by atoms with Crippen molar-refractivity contribution in [1.29, 1.82) is 0 Å². The molecule has 0 aromatic rings. The van der Waals surface area contributed by atoms with Crippen LogP contribution in [0.25, 0.3) is 0 Å². The molecule has 1 saturated carbocycles. The van der Waals surface area contributed by atoms with Gasteiger partial charge in [0.1, 0.15) is 0 Å². The first kappa shape index (κ1) is 24.9. The Bertz CT molecular complexity index is 350. The van der Waals surface area contributed by atoms with E-state index in [0.717, 1.165) is 31.7 Å². The third-order valence-electron chi connectivity index (χ3n) is 4.87. The molecule has 0 saturated heterocycles. The zero-order valence-corrected chi connectivity index (χ0v) is 18.3. The van der Waals surface area contributed by atoms with Crippen molar-refractivity contribution in [3.8, 4) is 0 Å². The summed E-state index contributed by atoms with van der Waals surface area (Å²) in [6.45, 7) is 2.91. The molecule has 0 amide bonds. The van der Waals surface area contributed by atoms with Crippen LogP contribution in [0.15, 0.2) is 0 Å². The first-order chi connectivity index (χ1) is 13.1. The number of methoxy groups -OCH3 is 3. The largest absolute Gasteiger partial charge is 0.500 e. The van der Waals surface area contributed by atoms with Crippen molar-refractivity contribution in [3.05, 3.63) is 0 Å². The zero-order chi connectivity index (χ0) is 20.0. The van der Waals surface area contributed by atoms with Gasteiger partial charge in [-0.3, -0.25) is 0 Å². The molecule has 162 valence electrons. The second kappa shape index (κ2) is 14.8. The van der Waals surface area contributed by atoms with Gasteiger partial charge in [-0.25, -0.2) is 0 Å². The number of aliphatic hydroxyl groups excluding tert-OH is 1. The zero-order valence-electron chi connectivity index (χ0n) is 17.3.